The van der Waals surface area contributed by atoms with Crippen LogP contribution in [0.2, 0.25) is 0 Å². The number of pyridine rings is 1. The van der Waals surface area contributed by atoms with Gasteiger partial charge in [0.25, 0.3) is 0 Å². The largest absolute Gasteiger partial charge is 0.384 e. The lowest BCUT2D eigenvalue weighted by Gasteiger charge is -2.21. The second kappa shape index (κ2) is 11.1. The Kier molecular flexibility index (Phi) is 10.3. The van der Waals surface area contributed by atoms with E-state index in [0.717, 1.165) is 37.4 Å². The fraction of sp³-hybridized carbons (Fsp3) is 0.647. The minimum Gasteiger partial charge on any atom is -0.384 e. The summed E-state index contributed by atoms with van der Waals surface area (Å²) >= 11 is 0. The highest BCUT2D eigenvalue weighted by Gasteiger charge is 2.08. The fourth-order valence-electron chi connectivity index (χ4n) is 1.76. The number of aryl methyl sites for hydroxylation is 1. The summed E-state index contributed by atoms with van der Waals surface area (Å²) in [5.74, 6) is 1.53. The summed E-state index contributed by atoms with van der Waals surface area (Å²) in [5, 5.41) is 0. The molecule has 4 nitrogen and oxygen atoms in total. The molecule has 0 aliphatic rings. The van der Waals surface area contributed by atoms with Gasteiger partial charge in [-0.25, -0.2) is 4.98 Å². The number of hydrogen-bond donors (Lipinski definition) is 1. The number of carbonyl (C=O) groups excluding carboxylic acids is 1. The molecule has 1 aromatic heterocycles. The van der Waals surface area contributed by atoms with Crippen molar-refractivity contribution in [3.05, 3.63) is 23.9 Å². The zero-order valence-electron chi connectivity index (χ0n) is 14.2. The Morgan fingerprint density at radius 3 is 2.38 bits per heavy atom. The molecule has 0 fully saturated rings. The van der Waals surface area contributed by atoms with Crippen LogP contribution in [0.15, 0.2) is 18.3 Å². The number of hydrogen-bond acceptors (Lipinski definition) is 3. The average Bonchev–Trinajstić information content (AvgIpc) is 2.46. The van der Waals surface area contributed by atoms with Crippen LogP contribution in [0.3, 0.4) is 0 Å². The van der Waals surface area contributed by atoms with Crippen molar-refractivity contribution in [3.8, 4) is 0 Å². The van der Waals surface area contributed by atoms with Gasteiger partial charge in [-0.05, 0) is 37.3 Å². The van der Waals surface area contributed by atoms with Crippen LogP contribution in [0.5, 0.6) is 0 Å². The topological polar surface area (TPSA) is 59.2 Å². The Hall–Kier alpha value is -1.58. The maximum atomic E-state index is 11.2. The van der Waals surface area contributed by atoms with E-state index in [9.17, 15) is 4.79 Å². The lowest BCUT2D eigenvalue weighted by molar-refractivity contribution is -0.129. The molecule has 0 radical (unpaired) electrons. The highest BCUT2D eigenvalue weighted by molar-refractivity contribution is 5.73. The monoisotopic (exact) mass is 293 g/mol. The molecule has 2 N–H and O–H groups in total. The zero-order valence-corrected chi connectivity index (χ0v) is 14.2. The molecule has 0 saturated carbocycles. The minimum atomic E-state index is 0.213. The maximum Gasteiger partial charge on any atom is 0.219 e. The van der Waals surface area contributed by atoms with E-state index in [4.69, 9.17) is 5.73 Å². The third kappa shape index (κ3) is 9.88. The quantitative estimate of drug-likeness (QED) is 0.871. The van der Waals surface area contributed by atoms with E-state index < -0.39 is 0 Å². The molecular formula is C17H31N3O. The van der Waals surface area contributed by atoms with E-state index in [2.05, 4.69) is 25.8 Å². The number of nitrogens with two attached hydrogens (primary N) is 1. The summed E-state index contributed by atoms with van der Waals surface area (Å²) < 4.78 is 0. The van der Waals surface area contributed by atoms with Crippen molar-refractivity contribution in [2.24, 2.45) is 5.92 Å². The fourth-order valence-corrected chi connectivity index (χ4v) is 1.76. The second-order valence-corrected chi connectivity index (χ2v) is 5.57. The van der Waals surface area contributed by atoms with Gasteiger partial charge in [0, 0.05) is 26.2 Å². The van der Waals surface area contributed by atoms with Crippen molar-refractivity contribution in [3.63, 3.8) is 0 Å². The van der Waals surface area contributed by atoms with Crippen LogP contribution >= 0.6 is 0 Å². The van der Waals surface area contributed by atoms with Crippen LogP contribution < -0.4 is 5.73 Å². The number of nitrogen functional groups attached to an aromatic ring is 1. The molecule has 1 heterocycles. The number of amides is 1. The molecule has 1 atom stereocenters. The summed E-state index contributed by atoms with van der Waals surface area (Å²) in [6, 6.07) is 3.72. The smallest absolute Gasteiger partial charge is 0.219 e. The van der Waals surface area contributed by atoms with Gasteiger partial charge in [0.2, 0.25) is 5.91 Å². The van der Waals surface area contributed by atoms with Crippen LogP contribution in [-0.2, 0) is 4.79 Å². The van der Waals surface area contributed by atoms with Crippen LogP contribution in [0.4, 0.5) is 5.82 Å². The molecule has 0 saturated heterocycles. The Morgan fingerprint density at radius 2 is 2.00 bits per heavy atom. The number of anilines is 1. The summed E-state index contributed by atoms with van der Waals surface area (Å²) in [6.07, 6.45) is 5.14. The van der Waals surface area contributed by atoms with E-state index in [1.807, 2.05) is 17.9 Å². The Morgan fingerprint density at radius 1 is 1.33 bits per heavy atom. The molecular weight excluding hydrogens is 262 g/mol. The van der Waals surface area contributed by atoms with Crippen LogP contribution in [0.25, 0.3) is 0 Å². The predicted molar refractivity (Wildman–Crippen MR) is 90.0 cm³/mol. The first-order chi connectivity index (χ1) is 9.90. The molecule has 1 aromatic rings. The number of nitrogens with zero attached hydrogens (tertiary/aromatic N) is 2. The molecule has 0 bridgehead atoms. The van der Waals surface area contributed by atoms with E-state index in [0.29, 0.717) is 5.82 Å². The van der Waals surface area contributed by atoms with Crippen molar-refractivity contribution < 1.29 is 4.79 Å². The summed E-state index contributed by atoms with van der Waals surface area (Å²) in [7, 11) is 0. The van der Waals surface area contributed by atoms with Gasteiger partial charge in [0.05, 0.1) is 0 Å². The van der Waals surface area contributed by atoms with Crippen LogP contribution in [0.1, 0.15) is 52.5 Å². The van der Waals surface area contributed by atoms with Gasteiger partial charge < -0.3 is 10.6 Å². The Labute approximate surface area is 129 Å². The number of carbonyl (C=O) groups is 1. The number of rotatable bonds is 6. The third-order valence-corrected chi connectivity index (χ3v) is 3.46. The number of aromatic nitrogens is 1. The highest BCUT2D eigenvalue weighted by Crippen LogP contribution is 2.07. The molecule has 120 valence electrons. The zero-order chi connectivity index (χ0) is 16.3. The minimum absolute atomic E-state index is 0.213. The first kappa shape index (κ1) is 19.4. The van der Waals surface area contributed by atoms with E-state index in [1.165, 1.54) is 6.42 Å². The van der Waals surface area contributed by atoms with Crippen molar-refractivity contribution in [1.82, 2.24) is 9.88 Å². The van der Waals surface area contributed by atoms with E-state index in [-0.39, 0.29) is 5.91 Å². The van der Waals surface area contributed by atoms with Gasteiger partial charge in [-0.1, -0.05) is 33.3 Å². The van der Waals surface area contributed by atoms with Gasteiger partial charge in [-0.3, -0.25) is 4.79 Å². The summed E-state index contributed by atoms with van der Waals surface area (Å²) in [5.41, 5.74) is 6.45. The predicted octanol–water partition coefficient (Wildman–Crippen LogP) is 3.65. The molecule has 21 heavy (non-hydrogen) atoms. The van der Waals surface area contributed by atoms with E-state index >= 15 is 0 Å². The molecule has 4 heteroatoms. The Bertz CT molecular complexity index is 369. The molecule has 1 unspecified atom stereocenters. The van der Waals surface area contributed by atoms with Gasteiger partial charge in [-0.2, -0.15) is 0 Å². The summed E-state index contributed by atoms with van der Waals surface area (Å²) in [6.45, 7) is 12.0. The van der Waals surface area contributed by atoms with Gasteiger partial charge in [0.1, 0.15) is 5.82 Å². The van der Waals surface area contributed by atoms with Gasteiger partial charge >= 0.3 is 0 Å². The molecule has 1 amide bonds. The van der Waals surface area contributed by atoms with Crippen LogP contribution in [0, 0.1) is 12.8 Å². The first-order valence-electron chi connectivity index (χ1n) is 7.84. The summed E-state index contributed by atoms with van der Waals surface area (Å²) in [4.78, 5) is 17.0. The molecule has 0 spiro atoms. The van der Waals surface area contributed by atoms with Crippen LogP contribution in [-0.4, -0.2) is 28.9 Å². The second-order valence-electron chi connectivity index (χ2n) is 5.57. The van der Waals surface area contributed by atoms with Crippen molar-refractivity contribution >= 4 is 11.7 Å². The van der Waals surface area contributed by atoms with Crippen molar-refractivity contribution in [2.45, 2.75) is 53.9 Å². The maximum absolute atomic E-state index is 11.2. The van der Waals surface area contributed by atoms with Crippen molar-refractivity contribution in [2.75, 3.05) is 18.8 Å². The van der Waals surface area contributed by atoms with Gasteiger partial charge in [-0.15, -0.1) is 0 Å². The average molecular weight is 293 g/mol. The SMILES string of the molecule is CCCN(CCC(C)CC)C(C)=O.Cc1ccc(N)nc1. The lowest BCUT2D eigenvalue weighted by Crippen LogP contribution is -2.31. The normalized spacial score (nSPS) is 11.3. The standard InChI is InChI=1S/C11H23NO.C6H8N2/c1-5-8-12(11(4)13)9-7-10(3)6-2;1-5-2-3-6(7)8-4-5/h10H,5-9H2,1-4H3;2-4H,1H3,(H2,7,8). The Balaban J connectivity index is 0.000000423. The molecule has 0 aliphatic heterocycles. The highest BCUT2D eigenvalue weighted by atomic mass is 16.2. The first-order valence-corrected chi connectivity index (χ1v) is 7.84. The van der Waals surface area contributed by atoms with Gasteiger partial charge in [0.15, 0.2) is 0 Å². The molecule has 0 aromatic carbocycles. The molecule has 0 aliphatic carbocycles. The van der Waals surface area contributed by atoms with Crippen molar-refractivity contribution in [1.29, 1.82) is 0 Å². The third-order valence-electron chi connectivity index (χ3n) is 3.46. The molecule has 1 rings (SSSR count). The van der Waals surface area contributed by atoms with E-state index in [1.54, 1.807) is 19.2 Å². The lowest BCUT2D eigenvalue weighted by atomic mass is 10.1.